The molecule has 0 aliphatic heterocycles. The van der Waals surface area contributed by atoms with Crippen LogP contribution >= 0.6 is 0 Å². The van der Waals surface area contributed by atoms with Gasteiger partial charge in [0.05, 0.1) is 12.4 Å². The lowest BCUT2D eigenvalue weighted by atomic mass is 10.3. The largest absolute Gasteiger partial charge is 0.508 e. The summed E-state index contributed by atoms with van der Waals surface area (Å²) in [4.78, 5) is 8.00. The zero-order valence-corrected chi connectivity index (χ0v) is 11.9. The average Bonchev–Trinajstić information content (AvgIpc) is 2.61. The molecule has 0 saturated heterocycles. The quantitative estimate of drug-likeness (QED) is 0.662. The summed E-state index contributed by atoms with van der Waals surface area (Å²) in [5.74, 6) is 0.644. The first kappa shape index (κ1) is 18.7. The van der Waals surface area contributed by atoms with E-state index in [4.69, 9.17) is 15.0 Å². The molecule has 3 aromatic rings. The first-order chi connectivity index (χ1) is 10.8. The molecular weight excluding hydrogens is 282 g/mol. The third kappa shape index (κ3) is 11.8. The summed E-state index contributed by atoms with van der Waals surface area (Å²) in [6, 6.07) is 19.1. The van der Waals surface area contributed by atoms with Crippen molar-refractivity contribution >= 4 is 6.79 Å². The molecule has 1 aromatic heterocycles. The topological polar surface area (TPSA) is 96.2 Å². The zero-order chi connectivity index (χ0) is 16.5. The van der Waals surface area contributed by atoms with E-state index < -0.39 is 0 Å². The highest BCUT2D eigenvalue weighted by Crippen LogP contribution is 2.03. The first-order valence-electron chi connectivity index (χ1n) is 6.14. The Kier molecular flexibility index (Phi) is 12.0. The number of nitrogens with zero attached hydrogens (tertiary/aromatic N) is 3. The lowest BCUT2D eigenvalue weighted by Gasteiger charge is -1.82. The number of para-hydroxylation sites is 2. The third-order valence-electron chi connectivity index (χ3n) is 1.92. The minimum Gasteiger partial charge on any atom is -0.508 e. The molecule has 2 N–H and O–H groups in total. The van der Waals surface area contributed by atoms with Crippen LogP contribution in [0.4, 0.5) is 0 Å². The highest BCUT2D eigenvalue weighted by atomic mass is 16.3. The number of hydrogen-bond acceptors (Lipinski definition) is 6. The third-order valence-corrected chi connectivity index (χ3v) is 1.92. The lowest BCUT2D eigenvalue weighted by Crippen LogP contribution is -1.78. The Morgan fingerprint density at radius 2 is 1.00 bits per heavy atom. The monoisotopic (exact) mass is 299 g/mol. The smallest absolute Gasteiger partial charge is 0.115 e. The minimum atomic E-state index is 0.322. The van der Waals surface area contributed by atoms with Gasteiger partial charge in [-0.25, -0.2) is 0 Å². The fourth-order valence-corrected chi connectivity index (χ4v) is 1.06. The SMILES string of the molecule is C=O.Oc1ccccc1.Oc1ccccc1.c1cnnnc1. The summed E-state index contributed by atoms with van der Waals surface area (Å²) < 4.78 is 0. The van der Waals surface area contributed by atoms with Crippen molar-refractivity contribution in [1.29, 1.82) is 0 Å². The van der Waals surface area contributed by atoms with E-state index in [2.05, 4.69) is 15.4 Å². The second kappa shape index (κ2) is 14.1. The van der Waals surface area contributed by atoms with Gasteiger partial charge in [-0.2, -0.15) is 0 Å². The molecule has 3 rings (SSSR count). The van der Waals surface area contributed by atoms with Gasteiger partial charge in [-0.1, -0.05) is 36.4 Å². The normalized spacial score (nSPS) is 7.82. The van der Waals surface area contributed by atoms with Crippen molar-refractivity contribution in [2.75, 3.05) is 0 Å². The van der Waals surface area contributed by atoms with Gasteiger partial charge < -0.3 is 15.0 Å². The van der Waals surface area contributed by atoms with Gasteiger partial charge in [-0.15, -0.1) is 10.2 Å². The first-order valence-corrected chi connectivity index (χ1v) is 6.14. The number of phenols is 2. The Balaban J connectivity index is 0.000000285. The summed E-state index contributed by atoms with van der Waals surface area (Å²) >= 11 is 0. The van der Waals surface area contributed by atoms with E-state index in [-0.39, 0.29) is 0 Å². The van der Waals surface area contributed by atoms with Crippen molar-refractivity contribution in [2.24, 2.45) is 0 Å². The number of carbonyl (C=O) groups excluding carboxylic acids is 1. The van der Waals surface area contributed by atoms with Crippen LogP contribution in [0, 0.1) is 0 Å². The van der Waals surface area contributed by atoms with Crippen molar-refractivity contribution in [3.63, 3.8) is 0 Å². The van der Waals surface area contributed by atoms with E-state index >= 15 is 0 Å². The molecule has 2 aromatic carbocycles. The second-order valence-electron chi connectivity index (χ2n) is 3.48. The Labute approximate surface area is 128 Å². The van der Waals surface area contributed by atoms with Crippen molar-refractivity contribution in [2.45, 2.75) is 0 Å². The number of hydrogen-bond donors (Lipinski definition) is 2. The van der Waals surface area contributed by atoms with Crippen molar-refractivity contribution in [3.8, 4) is 11.5 Å². The van der Waals surface area contributed by atoms with Gasteiger partial charge in [0, 0.05) is 0 Å². The number of aromatic nitrogens is 3. The Hall–Kier alpha value is -3.28. The number of aromatic hydroxyl groups is 2. The van der Waals surface area contributed by atoms with E-state index in [1.54, 1.807) is 67.0 Å². The molecule has 114 valence electrons. The predicted molar refractivity (Wildman–Crippen MR) is 83.2 cm³/mol. The molecule has 0 saturated carbocycles. The van der Waals surface area contributed by atoms with Gasteiger partial charge in [-0.3, -0.25) is 0 Å². The molecule has 0 radical (unpaired) electrons. The van der Waals surface area contributed by atoms with Crippen LogP contribution in [0.15, 0.2) is 79.1 Å². The maximum absolute atomic E-state index is 8.63. The van der Waals surface area contributed by atoms with Gasteiger partial charge in [-0.05, 0) is 35.5 Å². The van der Waals surface area contributed by atoms with Gasteiger partial charge in [0.2, 0.25) is 0 Å². The molecule has 0 amide bonds. The molecule has 0 unspecified atom stereocenters. The maximum Gasteiger partial charge on any atom is 0.115 e. The van der Waals surface area contributed by atoms with Gasteiger partial charge in [0.25, 0.3) is 0 Å². The van der Waals surface area contributed by atoms with E-state index in [0.29, 0.717) is 11.5 Å². The summed E-state index contributed by atoms with van der Waals surface area (Å²) in [7, 11) is 0. The molecule has 0 aliphatic rings. The highest BCUT2D eigenvalue weighted by Gasteiger charge is 1.75. The predicted octanol–water partition coefficient (Wildman–Crippen LogP) is 2.47. The van der Waals surface area contributed by atoms with Gasteiger partial charge in [0.15, 0.2) is 0 Å². The molecule has 22 heavy (non-hydrogen) atoms. The van der Waals surface area contributed by atoms with Crippen LogP contribution < -0.4 is 0 Å². The molecule has 0 fully saturated rings. The standard InChI is InChI=1S/2C6H6O.C3H3N3.CH2O/c2*7-6-4-2-1-3-5-6;1-2-4-6-5-3-1;1-2/h2*1-5,7H;1-3H;1H2. The summed E-state index contributed by atoms with van der Waals surface area (Å²) in [6.07, 6.45) is 3.15. The Morgan fingerprint density at radius 1 is 0.636 bits per heavy atom. The Morgan fingerprint density at radius 3 is 1.14 bits per heavy atom. The molecule has 0 atom stereocenters. The van der Waals surface area contributed by atoms with Crippen LogP contribution in [0.1, 0.15) is 0 Å². The van der Waals surface area contributed by atoms with E-state index in [9.17, 15) is 0 Å². The van der Waals surface area contributed by atoms with Gasteiger partial charge in [0.1, 0.15) is 18.3 Å². The number of phenolic OH excluding ortho intramolecular Hbond substituents is 2. The summed E-state index contributed by atoms with van der Waals surface area (Å²) in [5, 5.41) is 27.4. The highest BCUT2D eigenvalue weighted by molar-refractivity contribution is 5.19. The molecule has 6 nitrogen and oxygen atoms in total. The van der Waals surface area contributed by atoms with Crippen LogP contribution in [0.2, 0.25) is 0 Å². The van der Waals surface area contributed by atoms with Crippen LogP contribution in [0.25, 0.3) is 0 Å². The van der Waals surface area contributed by atoms with Crippen molar-refractivity contribution < 1.29 is 15.0 Å². The van der Waals surface area contributed by atoms with Crippen LogP contribution in [-0.2, 0) is 4.79 Å². The summed E-state index contributed by atoms with van der Waals surface area (Å²) in [5.41, 5.74) is 0. The summed E-state index contributed by atoms with van der Waals surface area (Å²) in [6.45, 7) is 2.00. The van der Waals surface area contributed by atoms with Crippen molar-refractivity contribution in [3.05, 3.63) is 79.1 Å². The molecule has 1 heterocycles. The van der Waals surface area contributed by atoms with E-state index in [0.717, 1.165) is 0 Å². The number of rotatable bonds is 0. The van der Waals surface area contributed by atoms with Gasteiger partial charge >= 0.3 is 0 Å². The second-order valence-corrected chi connectivity index (χ2v) is 3.48. The molecule has 6 heteroatoms. The average molecular weight is 299 g/mol. The minimum absolute atomic E-state index is 0.322. The van der Waals surface area contributed by atoms with E-state index in [1.807, 2.05) is 18.9 Å². The number of carbonyl (C=O) groups is 1. The fourth-order valence-electron chi connectivity index (χ4n) is 1.06. The zero-order valence-electron chi connectivity index (χ0n) is 11.9. The van der Waals surface area contributed by atoms with E-state index in [1.165, 1.54) is 0 Å². The van der Waals surface area contributed by atoms with Crippen molar-refractivity contribution in [1.82, 2.24) is 15.4 Å². The molecule has 0 bridgehead atoms. The maximum atomic E-state index is 8.63. The number of benzene rings is 2. The fraction of sp³-hybridized carbons (Fsp3) is 0. The van der Waals surface area contributed by atoms with Crippen LogP contribution in [0.5, 0.6) is 11.5 Å². The van der Waals surface area contributed by atoms with Crippen LogP contribution in [0.3, 0.4) is 0 Å². The molecular formula is C16H17N3O3. The van der Waals surface area contributed by atoms with Crippen LogP contribution in [-0.4, -0.2) is 32.4 Å². The Bertz CT molecular complexity index is 502. The molecule has 0 spiro atoms. The lowest BCUT2D eigenvalue weighted by molar-refractivity contribution is -0.0979. The molecule has 0 aliphatic carbocycles.